The quantitative estimate of drug-likeness (QED) is 0.485. The van der Waals surface area contributed by atoms with E-state index < -0.39 is 0 Å². The largest absolute Gasteiger partial charge is 0.396 e. The molecule has 0 aromatic heterocycles. The summed E-state index contributed by atoms with van der Waals surface area (Å²) in [6.07, 6.45) is 0.748. The maximum absolute atomic E-state index is 8.70. The summed E-state index contributed by atoms with van der Waals surface area (Å²) in [5, 5.41) is 12.1. The lowest BCUT2D eigenvalue weighted by Crippen LogP contribution is -2.58. The van der Waals surface area contributed by atoms with E-state index in [1.165, 1.54) is 0 Å². The molecule has 0 amide bonds. The first-order chi connectivity index (χ1) is 6.63. The molecule has 0 aromatic rings. The molecule has 0 saturated carbocycles. The van der Waals surface area contributed by atoms with Crippen molar-refractivity contribution in [3.05, 3.63) is 0 Å². The van der Waals surface area contributed by atoms with Crippen molar-refractivity contribution in [3.63, 3.8) is 0 Å². The molecule has 0 radical (unpaired) electrons. The Morgan fingerprint density at radius 3 is 2.50 bits per heavy atom. The van der Waals surface area contributed by atoms with Gasteiger partial charge in [0, 0.05) is 20.3 Å². The molecular formula is C10H24N2O2. The van der Waals surface area contributed by atoms with Crippen LogP contribution < -0.4 is 11.1 Å². The van der Waals surface area contributed by atoms with E-state index in [4.69, 9.17) is 15.6 Å². The van der Waals surface area contributed by atoms with E-state index in [0.29, 0.717) is 19.1 Å². The van der Waals surface area contributed by atoms with Gasteiger partial charge in [-0.2, -0.15) is 0 Å². The van der Waals surface area contributed by atoms with E-state index in [1.54, 1.807) is 7.11 Å². The minimum absolute atomic E-state index is 0.163. The molecule has 0 aromatic carbocycles. The number of hydrogen-bond acceptors (Lipinski definition) is 4. The second kappa shape index (κ2) is 7.17. The number of ether oxygens (including phenoxy) is 1. The molecule has 14 heavy (non-hydrogen) atoms. The van der Waals surface area contributed by atoms with Crippen molar-refractivity contribution in [1.82, 2.24) is 5.32 Å². The molecule has 0 rings (SSSR count). The van der Waals surface area contributed by atoms with Crippen LogP contribution >= 0.6 is 0 Å². The zero-order chi connectivity index (χ0) is 11.0. The first-order valence-corrected chi connectivity index (χ1v) is 5.18. The van der Waals surface area contributed by atoms with Gasteiger partial charge in [0.25, 0.3) is 0 Å². The van der Waals surface area contributed by atoms with Crippen LogP contribution in [-0.4, -0.2) is 44.1 Å². The fourth-order valence-corrected chi connectivity index (χ4v) is 1.46. The molecule has 0 fully saturated rings. The van der Waals surface area contributed by atoms with Crippen LogP contribution in [0.1, 0.15) is 20.3 Å². The Morgan fingerprint density at radius 2 is 2.14 bits per heavy atom. The van der Waals surface area contributed by atoms with Crippen LogP contribution in [0.25, 0.3) is 0 Å². The molecule has 0 saturated heterocycles. The predicted octanol–water partition coefficient (Wildman–Crippen LogP) is -0.0417. The SMILES string of the molecule is COCC(CN)(NCCCO)C(C)C. The van der Waals surface area contributed by atoms with Gasteiger partial charge >= 0.3 is 0 Å². The summed E-state index contributed by atoms with van der Waals surface area (Å²) in [5.41, 5.74) is 5.61. The van der Waals surface area contributed by atoms with Gasteiger partial charge in [0.2, 0.25) is 0 Å². The Balaban J connectivity index is 4.19. The Labute approximate surface area is 86.8 Å². The first-order valence-electron chi connectivity index (χ1n) is 5.18. The van der Waals surface area contributed by atoms with Crippen molar-refractivity contribution in [3.8, 4) is 0 Å². The molecule has 86 valence electrons. The van der Waals surface area contributed by atoms with Crippen LogP contribution in [0.5, 0.6) is 0 Å². The molecule has 4 N–H and O–H groups in total. The standard InChI is InChI=1S/C10H24N2O2/c1-9(2)10(7-11,8-14-3)12-5-4-6-13/h9,12-13H,4-8,11H2,1-3H3. The van der Waals surface area contributed by atoms with Gasteiger partial charge in [-0.05, 0) is 18.9 Å². The highest BCUT2D eigenvalue weighted by Crippen LogP contribution is 2.16. The Hall–Kier alpha value is -0.160. The molecule has 4 heteroatoms. The fraction of sp³-hybridized carbons (Fsp3) is 1.00. The van der Waals surface area contributed by atoms with E-state index in [1.807, 2.05) is 0 Å². The lowest BCUT2D eigenvalue weighted by molar-refractivity contribution is 0.0818. The van der Waals surface area contributed by atoms with Crippen LogP contribution in [0.3, 0.4) is 0 Å². The third kappa shape index (κ3) is 3.92. The lowest BCUT2D eigenvalue weighted by atomic mass is 9.87. The molecular weight excluding hydrogens is 180 g/mol. The first kappa shape index (κ1) is 13.8. The second-order valence-electron chi connectivity index (χ2n) is 3.95. The van der Waals surface area contributed by atoms with E-state index in [2.05, 4.69) is 19.2 Å². The maximum Gasteiger partial charge on any atom is 0.0659 e. The minimum atomic E-state index is -0.163. The van der Waals surface area contributed by atoms with Gasteiger partial charge in [-0.15, -0.1) is 0 Å². The zero-order valence-electron chi connectivity index (χ0n) is 9.55. The third-order valence-corrected chi connectivity index (χ3v) is 2.68. The molecule has 0 spiro atoms. The van der Waals surface area contributed by atoms with Crippen molar-refractivity contribution >= 4 is 0 Å². The smallest absolute Gasteiger partial charge is 0.0659 e. The molecule has 4 nitrogen and oxygen atoms in total. The number of rotatable bonds is 8. The van der Waals surface area contributed by atoms with Crippen molar-refractivity contribution in [2.75, 3.05) is 33.4 Å². The van der Waals surface area contributed by atoms with Crippen LogP contribution in [0.2, 0.25) is 0 Å². The summed E-state index contributed by atoms with van der Waals surface area (Å²) in [6.45, 7) is 6.38. The highest BCUT2D eigenvalue weighted by Gasteiger charge is 2.31. The molecule has 0 aliphatic carbocycles. The number of nitrogens with one attached hydrogen (secondary N) is 1. The number of nitrogens with two attached hydrogens (primary N) is 1. The van der Waals surface area contributed by atoms with Gasteiger partial charge in [0.05, 0.1) is 12.1 Å². The van der Waals surface area contributed by atoms with Crippen LogP contribution in [0.15, 0.2) is 0 Å². The predicted molar refractivity (Wildman–Crippen MR) is 58.2 cm³/mol. The Morgan fingerprint density at radius 1 is 1.50 bits per heavy atom. The second-order valence-corrected chi connectivity index (χ2v) is 3.95. The summed E-state index contributed by atoms with van der Waals surface area (Å²) in [4.78, 5) is 0. The minimum Gasteiger partial charge on any atom is -0.396 e. The summed E-state index contributed by atoms with van der Waals surface area (Å²) >= 11 is 0. The number of methoxy groups -OCH3 is 1. The number of aliphatic hydroxyl groups is 1. The molecule has 0 heterocycles. The van der Waals surface area contributed by atoms with Crippen LogP contribution in [0.4, 0.5) is 0 Å². The Bertz CT molecular complexity index is 142. The van der Waals surface area contributed by atoms with E-state index in [-0.39, 0.29) is 12.1 Å². The molecule has 1 atom stereocenters. The van der Waals surface area contributed by atoms with Gasteiger partial charge in [-0.1, -0.05) is 13.8 Å². The maximum atomic E-state index is 8.70. The summed E-state index contributed by atoms with van der Waals surface area (Å²) in [7, 11) is 1.68. The highest BCUT2D eigenvalue weighted by molar-refractivity contribution is 4.92. The molecule has 0 aliphatic heterocycles. The monoisotopic (exact) mass is 204 g/mol. The molecule has 0 bridgehead atoms. The Kier molecular flexibility index (Phi) is 7.09. The van der Waals surface area contributed by atoms with Crippen LogP contribution in [-0.2, 0) is 4.74 Å². The molecule has 0 aliphatic rings. The normalized spacial score (nSPS) is 15.9. The topological polar surface area (TPSA) is 67.5 Å². The van der Waals surface area contributed by atoms with Crippen LogP contribution in [0, 0.1) is 5.92 Å². The molecule has 1 unspecified atom stereocenters. The number of hydrogen-bond donors (Lipinski definition) is 3. The van der Waals surface area contributed by atoms with E-state index in [9.17, 15) is 0 Å². The fourth-order valence-electron chi connectivity index (χ4n) is 1.46. The van der Waals surface area contributed by atoms with Gasteiger partial charge in [-0.3, -0.25) is 0 Å². The zero-order valence-corrected chi connectivity index (χ0v) is 9.55. The van der Waals surface area contributed by atoms with Gasteiger partial charge in [-0.25, -0.2) is 0 Å². The van der Waals surface area contributed by atoms with Crippen molar-refractivity contribution in [2.45, 2.75) is 25.8 Å². The third-order valence-electron chi connectivity index (χ3n) is 2.68. The van der Waals surface area contributed by atoms with Crippen molar-refractivity contribution in [2.24, 2.45) is 11.7 Å². The van der Waals surface area contributed by atoms with E-state index in [0.717, 1.165) is 13.0 Å². The average molecular weight is 204 g/mol. The van der Waals surface area contributed by atoms with Crippen molar-refractivity contribution < 1.29 is 9.84 Å². The summed E-state index contributed by atoms with van der Waals surface area (Å²) in [6, 6.07) is 0. The number of aliphatic hydroxyl groups excluding tert-OH is 1. The lowest BCUT2D eigenvalue weighted by Gasteiger charge is -2.37. The highest BCUT2D eigenvalue weighted by atomic mass is 16.5. The van der Waals surface area contributed by atoms with Crippen molar-refractivity contribution in [1.29, 1.82) is 0 Å². The van der Waals surface area contributed by atoms with Gasteiger partial charge < -0.3 is 20.9 Å². The summed E-state index contributed by atoms with van der Waals surface area (Å²) < 4.78 is 5.19. The average Bonchev–Trinajstić information content (AvgIpc) is 2.16. The summed E-state index contributed by atoms with van der Waals surface area (Å²) in [5.74, 6) is 0.408. The van der Waals surface area contributed by atoms with E-state index >= 15 is 0 Å². The van der Waals surface area contributed by atoms with Gasteiger partial charge in [0.1, 0.15) is 0 Å². The van der Waals surface area contributed by atoms with Gasteiger partial charge in [0.15, 0.2) is 0 Å².